The molecule has 1 atom stereocenters. The molecular weight excluding hydrogens is 234 g/mol. The van der Waals surface area contributed by atoms with Crippen LogP contribution in [0.15, 0.2) is 42.7 Å². The first-order valence-electron chi connectivity index (χ1n) is 6.56. The summed E-state index contributed by atoms with van der Waals surface area (Å²) in [6.45, 7) is 6.68. The van der Waals surface area contributed by atoms with Gasteiger partial charge in [-0.15, -0.1) is 0 Å². The maximum atomic E-state index is 3.95. The first-order valence-corrected chi connectivity index (χ1v) is 6.56. The lowest BCUT2D eigenvalue weighted by Gasteiger charge is -2.21. The van der Waals surface area contributed by atoms with Crippen LogP contribution in [0.1, 0.15) is 43.5 Å². The largest absolute Gasteiger partial charge is 0.309 e. The van der Waals surface area contributed by atoms with Crippen LogP contribution < -0.4 is 5.32 Å². The van der Waals surface area contributed by atoms with E-state index in [1.165, 1.54) is 11.1 Å². The molecule has 2 aromatic rings. The number of benzene rings is 1. The molecule has 0 saturated heterocycles. The topological polar surface area (TPSA) is 37.8 Å². The number of rotatable bonds is 3. The van der Waals surface area contributed by atoms with Crippen molar-refractivity contribution in [3.63, 3.8) is 0 Å². The lowest BCUT2D eigenvalue weighted by atomic mass is 9.86. The minimum absolute atomic E-state index is 0.157. The molecule has 0 spiro atoms. The summed E-state index contributed by atoms with van der Waals surface area (Å²) in [7, 11) is 1.96. The lowest BCUT2D eigenvalue weighted by molar-refractivity contribution is 0.589. The van der Waals surface area contributed by atoms with E-state index in [-0.39, 0.29) is 11.5 Å². The van der Waals surface area contributed by atoms with Crippen molar-refractivity contribution in [3.8, 4) is 0 Å². The van der Waals surface area contributed by atoms with Crippen LogP contribution in [0.5, 0.6) is 0 Å². The Morgan fingerprint density at radius 3 is 2.11 bits per heavy atom. The van der Waals surface area contributed by atoms with E-state index in [1.54, 1.807) is 12.4 Å². The highest BCUT2D eigenvalue weighted by Crippen LogP contribution is 2.26. The quantitative estimate of drug-likeness (QED) is 0.916. The molecule has 1 aromatic carbocycles. The smallest absolute Gasteiger partial charge is 0.0590 e. The summed E-state index contributed by atoms with van der Waals surface area (Å²) in [5, 5.41) is 11.1. The predicted octanol–water partition coefficient (Wildman–Crippen LogP) is 3.08. The molecule has 1 N–H and O–H groups in total. The van der Waals surface area contributed by atoms with Gasteiger partial charge < -0.3 is 5.32 Å². The molecule has 19 heavy (non-hydrogen) atoms. The molecule has 1 aromatic heterocycles. The van der Waals surface area contributed by atoms with Gasteiger partial charge in [0.2, 0.25) is 0 Å². The minimum Gasteiger partial charge on any atom is -0.309 e. The molecule has 0 amide bonds. The summed E-state index contributed by atoms with van der Waals surface area (Å²) in [6.07, 6.45) is 3.53. The highest BCUT2D eigenvalue weighted by molar-refractivity contribution is 5.34. The Labute approximate surface area is 115 Å². The minimum atomic E-state index is 0.157. The zero-order valence-electron chi connectivity index (χ0n) is 12.0. The molecular formula is C16H21N3. The van der Waals surface area contributed by atoms with Crippen LogP contribution in [-0.2, 0) is 5.41 Å². The van der Waals surface area contributed by atoms with E-state index in [4.69, 9.17) is 0 Å². The fourth-order valence-corrected chi connectivity index (χ4v) is 2.17. The summed E-state index contributed by atoms with van der Waals surface area (Å²) in [6, 6.07) is 10.9. The summed E-state index contributed by atoms with van der Waals surface area (Å²) in [5.74, 6) is 0. The Morgan fingerprint density at radius 2 is 1.63 bits per heavy atom. The Bertz CT molecular complexity index is 512. The fraction of sp³-hybridized carbons (Fsp3) is 0.375. The van der Waals surface area contributed by atoms with Crippen LogP contribution in [0.25, 0.3) is 0 Å². The second kappa shape index (κ2) is 5.49. The van der Waals surface area contributed by atoms with Gasteiger partial charge in [0.25, 0.3) is 0 Å². The number of nitrogens with zero attached hydrogens (tertiary/aromatic N) is 2. The lowest BCUT2D eigenvalue weighted by Crippen LogP contribution is -2.18. The van der Waals surface area contributed by atoms with Crippen LogP contribution in [0, 0.1) is 0 Å². The van der Waals surface area contributed by atoms with Gasteiger partial charge in [0.1, 0.15) is 0 Å². The van der Waals surface area contributed by atoms with Crippen LogP contribution in [0.2, 0.25) is 0 Å². The van der Waals surface area contributed by atoms with Crippen molar-refractivity contribution in [1.82, 2.24) is 15.5 Å². The van der Waals surface area contributed by atoms with Crippen molar-refractivity contribution < 1.29 is 0 Å². The number of aromatic nitrogens is 2. The first-order chi connectivity index (χ1) is 9.02. The van der Waals surface area contributed by atoms with Crippen LogP contribution in [0.4, 0.5) is 0 Å². The van der Waals surface area contributed by atoms with Gasteiger partial charge in [-0.05, 0) is 35.2 Å². The van der Waals surface area contributed by atoms with Crippen molar-refractivity contribution in [2.45, 2.75) is 32.2 Å². The molecule has 0 aliphatic heterocycles. The molecule has 100 valence electrons. The fourth-order valence-electron chi connectivity index (χ4n) is 2.17. The van der Waals surface area contributed by atoms with Crippen molar-refractivity contribution in [3.05, 3.63) is 59.4 Å². The number of hydrogen-bond donors (Lipinski definition) is 1. The zero-order valence-corrected chi connectivity index (χ0v) is 12.0. The molecule has 0 bridgehead atoms. The summed E-state index contributed by atoms with van der Waals surface area (Å²) < 4.78 is 0. The third-order valence-electron chi connectivity index (χ3n) is 3.34. The van der Waals surface area contributed by atoms with E-state index in [1.807, 2.05) is 13.1 Å². The second-order valence-electron chi connectivity index (χ2n) is 5.77. The zero-order chi connectivity index (χ0) is 13.9. The molecule has 0 aliphatic carbocycles. The van der Waals surface area contributed by atoms with Gasteiger partial charge in [0.15, 0.2) is 0 Å². The Morgan fingerprint density at radius 1 is 0.947 bits per heavy atom. The summed E-state index contributed by atoms with van der Waals surface area (Å²) in [4.78, 5) is 0. The summed E-state index contributed by atoms with van der Waals surface area (Å²) >= 11 is 0. The van der Waals surface area contributed by atoms with Gasteiger partial charge in [-0.3, -0.25) is 0 Å². The molecule has 3 heteroatoms. The van der Waals surface area contributed by atoms with E-state index >= 15 is 0 Å². The normalized spacial score (nSPS) is 13.3. The Balaban J connectivity index is 2.30. The molecule has 0 fully saturated rings. The van der Waals surface area contributed by atoms with E-state index in [0.717, 1.165) is 5.56 Å². The maximum Gasteiger partial charge on any atom is 0.0590 e. The van der Waals surface area contributed by atoms with Gasteiger partial charge in [-0.2, -0.15) is 10.2 Å². The molecule has 1 unspecified atom stereocenters. The predicted molar refractivity (Wildman–Crippen MR) is 78.1 cm³/mol. The van der Waals surface area contributed by atoms with Crippen molar-refractivity contribution in [2.24, 2.45) is 0 Å². The van der Waals surface area contributed by atoms with Gasteiger partial charge in [-0.25, -0.2) is 0 Å². The Kier molecular flexibility index (Phi) is 3.96. The molecule has 3 nitrogen and oxygen atoms in total. The van der Waals surface area contributed by atoms with Crippen molar-refractivity contribution >= 4 is 0 Å². The number of nitrogens with one attached hydrogen (secondary N) is 1. The maximum absolute atomic E-state index is 3.95. The SMILES string of the molecule is CNC(c1ccc(C(C)(C)C)cc1)c1ccnnc1. The van der Waals surface area contributed by atoms with Crippen LogP contribution in [-0.4, -0.2) is 17.2 Å². The molecule has 1 heterocycles. The molecule has 0 radical (unpaired) electrons. The second-order valence-corrected chi connectivity index (χ2v) is 5.77. The highest BCUT2D eigenvalue weighted by Gasteiger charge is 2.16. The number of hydrogen-bond acceptors (Lipinski definition) is 3. The average molecular weight is 255 g/mol. The molecule has 2 rings (SSSR count). The Hall–Kier alpha value is -1.74. The van der Waals surface area contributed by atoms with Gasteiger partial charge >= 0.3 is 0 Å². The van der Waals surface area contributed by atoms with Crippen LogP contribution in [0.3, 0.4) is 0 Å². The van der Waals surface area contributed by atoms with Gasteiger partial charge in [0, 0.05) is 6.20 Å². The standard InChI is InChI=1S/C16H21N3/c1-16(2,3)14-7-5-12(6-8-14)15(17-4)13-9-10-18-19-11-13/h5-11,15,17H,1-4H3. The van der Waals surface area contributed by atoms with Crippen molar-refractivity contribution in [2.75, 3.05) is 7.05 Å². The third kappa shape index (κ3) is 3.18. The van der Waals surface area contributed by atoms with E-state index in [9.17, 15) is 0 Å². The van der Waals surface area contributed by atoms with Crippen LogP contribution >= 0.6 is 0 Å². The average Bonchev–Trinajstić information content (AvgIpc) is 2.40. The van der Waals surface area contributed by atoms with E-state index in [2.05, 4.69) is 60.6 Å². The molecule has 0 aliphatic rings. The van der Waals surface area contributed by atoms with Gasteiger partial charge in [0.05, 0.1) is 12.2 Å². The molecule has 0 saturated carbocycles. The van der Waals surface area contributed by atoms with Gasteiger partial charge in [-0.1, -0.05) is 45.0 Å². The van der Waals surface area contributed by atoms with E-state index in [0.29, 0.717) is 0 Å². The monoisotopic (exact) mass is 255 g/mol. The van der Waals surface area contributed by atoms with Crippen molar-refractivity contribution in [1.29, 1.82) is 0 Å². The third-order valence-corrected chi connectivity index (χ3v) is 3.34. The first kappa shape index (κ1) is 13.7. The highest BCUT2D eigenvalue weighted by atomic mass is 15.1. The summed E-state index contributed by atoms with van der Waals surface area (Å²) in [5.41, 5.74) is 3.90. The van der Waals surface area contributed by atoms with E-state index < -0.39 is 0 Å².